The van der Waals surface area contributed by atoms with Gasteiger partial charge in [-0.15, -0.1) is 10.2 Å². The fourth-order valence-corrected chi connectivity index (χ4v) is 1.93. The molecular formula is C4H4F3N3S2. The summed E-state index contributed by atoms with van der Waals surface area (Å²) in [5, 5.41) is 7.15. The van der Waals surface area contributed by atoms with Gasteiger partial charge in [0, 0.05) is 18.3 Å². The van der Waals surface area contributed by atoms with Crippen molar-refractivity contribution in [2.45, 2.75) is 16.4 Å². The van der Waals surface area contributed by atoms with Crippen LogP contribution >= 0.6 is 23.1 Å². The third-order valence-electron chi connectivity index (χ3n) is 0.826. The van der Waals surface area contributed by atoms with Crippen molar-refractivity contribution < 1.29 is 13.2 Å². The van der Waals surface area contributed by atoms with Gasteiger partial charge < -0.3 is 5.73 Å². The number of aromatic nitrogens is 2. The highest BCUT2D eigenvalue weighted by Gasteiger charge is 2.31. The Balaban J connectivity index is 2.64. The van der Waals surface area contributed by atoms with Gasteiger partial charge in [-0.05, 0) is 0 Å². The normalized spacial score (nSPS) is 12.0. The van der Waals surface area contributed by atoms with Gasteiger partial charge in [-0.25, -0.2) is 0 Å². The van der Waals surface area contributed by atoms with E-state index in [1.54, 1.807) is 0 Å². The van der Waals surface area contributed by atoms with E-state index in [0.717, 1.165) is 11.3 Å². The first-order chi connectivity index (χ1) is 5.51. The molecule has 0 aliphatic rings. The Labute approximate surface area is 74.2 Å². The van der Waals surface area contributed by atoms with Crippen molar-refractivity contribution in [2.75, 3.05) is 0 Å². The molecule has 1 aromatic heterocycles. The van der Waals surface area contributed by atoms with Crippen LogP contribution in [0.25, 0.3) is 0 Å². The maximum atomic E-state index is 11.7. The first-order valence-corrected chi connectivity index (χ1v) is 4.43. The van der Waals surface area contributed by atoms with E-state index in [4.69, 9.17) is 5.73 Å². The van der Waals surface area contributed by atoms with Crippen LogP contribution in [0.2, 0.25) is 0 Å². The Morgan fingerprint density at radius 3 is 2.50 bits per heavy atom. The molecule has 8 heteroatoms. The van der Waals surface area contributed by atoms with Gasteiger partial charge >= 0.3 is 5.51 Å². The fourth-order valence-electron chi connectivity index (χ4n) is 0.461. The lowest BCUT2D eigenvalue weighted by Gasteiger charge is -1.99. The molecular weight excluding hydrogens is 211 g/mol. The molecule has 3 nitrogen and oxygen atoms in total. The number of halogens is 3. The maximum Gasteiger partial charge on any atom is 0.448 e. The fraction of sp³-hybridized carbons (Fsp3) is 0.500. The van der Waals surface area contributed by atoms with E-state index in [0.29, 0.717) is 5.01 Å². The van der Waals surface area contributed by atoms with Gasteiger partial charge in [0.15, 0.2) is 4.34 Å². The van der Waals surface area contributed by atoms with E-state index in [1.807, 2.05) is 0 Å². The molecule has 0 spiro atoms. The SMILES string of the molecule is NCc1nnc(SC(F)(F)F)s1. The third kappa shape index (κ3) is 2.95. The average Bonchev–Trinajstić information content (AvgIpc) is 2.32. The topological polar surface area (TPSA) is 51.8 Å². The molecule has 1 aromatic rings. The molecule has 2 N–H and O–H groups in total. The van der Waals surface area contributed by atoms with Gasteiger partial charge in [0.2, 0.25) is 0 Å². The summed E-state index contributed by atoms with van der Waals surface area (Å²) in [6.07, 6.45) is 0. The minimum Gasteiger partial charge on any atom is -0.324 e. The van der Waals surface area contributed by atoms with Gasteiger partial charge in [-0.2, -0.15) is 13.2 Å². The summed E-state index contributed by atoms with van der Waals surface area (Å²) in [7, 11) is 0. The Kier molecular flexibility index (Phi) is 2.91. The second-order valence-corrected chi connectivity index (χ2v) is 4.09. The molecule has 0 aliphatic carbocycles. The summed E-state index contributed by atoms with van der Waals surface area (Å²) in [5.41, 5.74) is 0.844. The van der Waals surface area contributed by atoms with E-state index < -0.39 is 5.51 Å². The van der Waals surface area contributed by atoms with Crippen LogP contribution in [0.4, 0.5) is 13.2 Å². The minimum absolute atomic E-state index is 0.121. The molecule has 0 unspecified atom stereocenters. The summed E-state index contributed by atoms with van der Waals surface area (Å²) in [4.78, 5) is 0. The number of thioether (sulfide) groups is 1. The summed E-state index contributed by atoms with van der Waals surface area (Å²) in [6.45, 7) is 0.121. The van der Waals surface area contributed by atoms with Crippen molar-refractivity contribution in [3.05, 3.63) is 5.01 Å². The summed E-state index contributed by atoms with van der Waals surface area (Å²) < 4.78 is 35.1. The molecule has 0 radical (unpaired) electrons. The monoisotopic (exact) mass is 215 g/mol. The van der Waals surface area contributed by atoms with Crippen LogP contribution in [0.5, 0.6) is 0 Å². The van der Waals surface area contributed by atoms with Crippen molar-refractivity contribution in [3.63, 3.8) is 0 Å². The molecule has 0 fully saturated rings. The second kappa shape index (κ2) is 3.58. The molecule has 1 rings (SSSR count). The Bertz CT molecular complexity index is 258. The molecule has 0 bridgehead atoms. The van der Waals surface area contributed by atoms with Crippen molar-refractivity contribution >= 4 is 23.1 Å². The molecule has 68 valence electrons. The highest BCUT2D eigenvalue weighted by molar-refractivity contribution is 8.01. The van der Waals surface area contributed by atoms with Crippen LogP contribution in [0.3, 0.4) is 0 Å². The highest BCUT2D eigenvalue weighted by atomic mass is 32.2. The predicted molar refractivity (Wildman–Crippen MR) is 39.7 cm³/mol. The first-order valence-electron chi connectivity index (χ1n) is 2.79. The van der Waals surface area contributed by atoms with E-state index in [-0.39, 0.29) is 22.6 Å². The summed E-state index contributed by atoms with van der Waals surface area (Å²) >= 11 is 0.582. The van der Waals surface area contributed by atoms with Gasteiger partial charge in [0.05, 0.1) is 0 Å². The molecule has 1 heterocycles. The number of hydrogen-bond acceptors (Lipinski definition) is 5. The van der Waals surface area contributed by atoms with E-state index in [2.05, 4.69) is 10.2 Å². The zero-order valence-electron chi connectivity index (χ0n) is 5.63. The lowest BCUT2D eigenvalue weighted by atomic mass is 10.7. The average molecular weight is 215 g/mol. The first kappa shape index (κ1) is 9.75. The molecule has 0 aliphatic heterocycles. The highest BCUT2D eigenvalue weighted by Crippen LogP contribution is 2.37. The molecule has 0 atom stereocenters. The lowest BCUT2D eigenvalue weighted by molar-refractivity contribution is -0.0328. The van der Waals surface area contributed by atoms with Crippen LogP contribution in [0.15, 0.2) is 4.34 Å². The zero-order valence-corrected chi connectivity index (χ0v) is 7.26. The van der Waals surface area contributed by atoms with Gasteiger partial charge in [-0.3, -0.25) is 0 Å². The van der Waals surface area contributed by atoms with Crippen LogP contribution < -0.4 is 5.73 Å². The zero-order chi connectivity index (χ0) is 9.19. The second-order valence-electron chi connectivity index (χ2n) is 1.71. The Hall–Kier alpha value is -0.340. The summed E-state index contributed by atoms with van der Waals surface area (Å²) in [6, 6.07) is 0. The van der Waals surface area contributed by atoms with Crippen molar-refractivity contribution in [1.29, 1.82) is 0 Å². The molecule has 0 saturated heterocycles. The van der Waals surface area contributed by atoms with Crippen molar-refractivity contribution in [1.82, 2.24) is 10.2 Å². The van der Waals surface area contributed by atoms with Crippen molar-refractivity contribution in [2.24, 2.45) is 5.73 Å². The number of alkyl halides is 3. The molecule has 0 saturated carbocycles. The largest absolute Gasteiger partial charge is 0.448 e. The van der Waals surface area contributed by atoms with Crippen molar-refractivity contribution in [3.8, 4) is 0 Å². The van der Waals surface area contributed by atoms with Crippen LogP contribution in [-0.2, 0) is 6.54 Å². The lowest BCUT2D eigenvalue weighted by Crippen LogP contribution is -1.98. The Morgan fingerprint density at radius 2 is 2.08 bits per heavy atom. The quantitative estimate of drug-likeness (QED) is 0.761. The third-order valence-corrected chi connectivity index (χ3v) is 2.55. The maximum absolute atomic E-state index is 11.7. The number of rotatable bonds is 2. The van der Waals surface area contributed by atoms with Gasteiger partial charge in [0.25, 0.3) is 0 Å². The van der Waals surface area contributed by atoms with E-state index in [1.165, 1.54) is 0 Å². The Morgan fingerprint density at radius 1 is 1.42 bits per heavy atom. The number of hydrogen-bond donors (Lipinski definition) is 1. The van der Waals surface area contributed by atoms with Gasteiger partial charge in [-0.1, -0.05) is 11.3 Å². The van der Waals surface area contributed by atoms with Crippen LogP contribution in [0, 0.1) is 0 Å². The minimum atomic E-state index is -4.30. The van der Waals surface area contributed by atoms with Crippen LogP contribution in [0.1, 0.15) is 5.01 Å². The smallest absolute Gasteiger partial charge is 0.324 e. The number of nitrogens with zero attached hydrogens (tertiary/aromatic N) is 2. The van der Waals surface area contributed by atoms with Gasteiger partial charge in [0.1, 0.15) is 5.01 Å². The predicted octanol–water partition coefficient (Wildman–Crippen LogP) is 1.61. The number of nitrogens with two attached hydrogens (primary N) is 1. The van der Waals surface area contributed by atoms with Crippen LogP contribution in [-0.4, -0.2) is 15.7 Å². The standard InChI is InChI=1S/C4H4F3N3S2/c5-4(6,7)12-3-10-9-2(1-8)11-3/h1,8H2. The van der Waals surface area contributed by atoms with E-state index in [9.17, 15) is 13.2 Å². The molecule has 0 amide bonds. The molecule has 12 heavy (non-hydrogen) atoms. The molecule has 0 aromatic carbocycles. The van der Waals surface area contributed by atoms with E-state index >= 15 is 0 Å². The summed E-state index contributed by atoms with van der Waals surface area (Å²) in [5.74, 6) is 0.